The lowest BCUT2D eigenvalue weighted by Gasteiger charge is -2.39. The molecule has 2 heterocycles. The Bertz CT molecular complexity index is 1430. The van der Waals surface area contributed by atoms with E-state index in [1.54, 1.807) is 7.11 Å². The summed E-state index contributed by atoms with van der Waals surface area (Å²) in [5, 5.41) is 0. The molecule has 1 atom stereocenters. The van der Waals surface area contributed by atoms with E-state index >= 15 is 0 Å². The van der Waals surface area contributed by atoms with Crippen molar-refractivity contribution in [1.82, 2.24) is 9.80 Å². The number of hydrogen-bond donors (Lipinski definition) is 0. The second-order valence-electron chi connectivity index (χ2n) is 11.9. The van der Waals surface area contributed by atoms with E-state index in [0.29, 0.717) is 19.6 Å². The Balaban J connectivity index is 0.00000368. The molecule has 0 radical (unpaired) electrons. The molecular weight excluding hydrogens is 558 g/mol. The summed E-state index contributed by atoms with van der Waals surface area (Å²) in [4.78, 5) is 33.1. The van der Waals surface area contributed by atoms with Crippen LogP contribution in [0.2, 0.25) is 0 Å². The molecule has 6 nitrogen and oxygen atoms in total. The van der Waals surface area contributed by atoms with Gasteiger partial charge in [-0.1, -0.05) is 66.7 Å². The van der Waals surface area contributed by atoms with E-state index in [0.717, 1.165) is 62.3 Å². The second kappa shape index (κ2) is 13.8. The molecule has 2 aliphatic heterocycles. The number of amides is 2. The van der Waals surface area contributed by atoms with Gasteiger partial charge in [-0.2, -0.15) is 0 Å². The normalized spacial score (nSPS) is 18.9. The SMILES string of the molecule is COc1cccc(CCN2CC(C(=O)N(CCCN3CCC4(C=Cc5ccccc54)CC3)c3ccccc3)CC2=O)c1.Cl. The lowest BCUT2D eigenvalue weighted by Crippen LogP contribution is -2.43. The van der Waals surface area contributed by atoms with Crippen LogP contribution in [0, 0.1) is 5.92 Å². The second-order valence-corrected chi connectivity index (χ2v) is 11.9. The number of nitrogens with zero attached hydrogens (tertiary/aromatic N) is 3. The summed E-state index contributed by atoms with van der Waals surface area (Å²) in [6.07, 6.45) is 8.92. The number of methoxy groups -OCH3 is 1. The van der Waals surface area contributed by atoms with Gasteiger partial charge in [-0.15, -0.1) is 12.4 Å². The Labute approximate surface area is 261 Å². The van der Waals surface area contributed by atoms with Gasteiger partial charge in [0.2, 0.25) is 11.8 Å². The van der Waals surface area contributed by atoms with E-state index in [1.165, 1.54) is 11.1 Å². The predicted molar refractivity (Wildman–Crippen MR) is 175 cm³/mol. The molecule has 2 amide bonds. The molecule has 1 spiro atoms. The van der Waals surface area contributed by atoms with Gasteiger partial charge in [-0.3, -0.25) is 9.59 Å². The third-order valence-corrected chi connectivity index (χ3v) is 9.39. The zero-order chi connectivity index (χ0) is 28.9. The monoisotopic (exact) mass is 599 g/mol. The molecule has 1 unspecified atom stereocenters. The van der Waals surface area contributed by atoms with Gasteiger partial charge in [0.25, 0.3) is 0 Å². The molecule has 3 aliphatic rings. The minimum atomic E-state index is -0.313. The Morgan fingerprint density at radius 1 is 0.977 bits per heavy atom. The first-order valence-electron chi connectivity index (χ1n) is 15.3. The van der Waals surface area contributed by atoms with Gasteiger partial charge < -0.3 is 19.4 Å². The highest BCUT2D eigenvalue weighted by molar-refractivity contribution is 5.99. The van der Waals surface area contributed by atoms with Crippen molar-refractivity contribution in [3.8, 4) is 5.75 Å². The van der Waals surface area contributed by atoms with Crippen LogP contribution in [0.3, 0.4) is 0 Å². The van der Waals surface area contributed by atoms with E-state index in [9.17, 15) is 9.59 Å². The van der Waals surface area contributed by atoms with E-state index < -0.39 is 0 Å². The zero-order valence-electron chi connectivity index (χ0n) is 25.0. The zero-order valence-corrected chi connectivity index (χ0v) is 25.8. The minimum Gasteiger partial charge on any atom is -0.497 e. The quantitative estimate of drug-likeness (QED) is 0.287. The topological polar surface area (TPSA) is 53.1 Å². The Morgan fingerprint density at radius 2 is 1.74 bits per heavy atom. The number of allylic oxidation sites excluding steroid dienone is 1. The summed E-state index contributed by atoms with van der Waals surface area (Å²) in [5.41, 5.74) is 5.07. The van der Waals surface area contributed by atoms with Crippen LogP contribution < -0.4 is 9.64 Å². The van der Waals surface area contributed by atoms with Gasteiger partial charge in [0.1, 0.15) is 5.75 Å². The fourth-order valence-electron chi connectivity index (χ4n) is 6.94. The average molecular weight is 600 g/mol. The number of rotatable bonds is 10. The van der Waals surface area contributed by atoms with Crippen LogP contribution in [0.15, 0.2) is 84.9 Å². The van der Waals surface area contributed by atoms with E-state index in [4.69, 9.17) is 4.74 Å². The van der Waals surface area contributed by atoms with Crippen LogP contribution >= 0.6 is 12.4 Å². The Hall–Kier alpha value is -3.61. The Morgan fingerprint density at radius 3 is 2.53 bits per heavy atom. The van der Waals surface area contributed by atoms with Crippen LogP contribution in [0.4, 0.5) is 5.69 Å². The summed E-state index contributed by atoms with van der Waals surface area (Å²) in [5.74, 6) is 0.626. The van der Waals surface area contributed by atoms with Gasteiger partial charge in [0, 0.05) is 37.2 Å². The number of anilines is 1. The molecule has 0 N–H and O–H groups in total. The first-order valence-corrected chi connectivity index (χ1v) is 15.3. The van der Waals surface area contributed by atoms with Crippen molar-refractivity contribution >= 4 is 36.0 Å². The molecule has 0 saturated carbocycles. The fourth-order valence-corrected chi connectivity index (χ4v) is 6.94. The smallest absolute Gasteiger partial charge is 0.232 e. The van der Waals surface area contributed by atoms with Crippen molar-refractivity contribution in [1.29, 1.82) is 0 Å². The highest BCUT2D eigenvalue weighted by Crippen LogP contribution is 2.43. The maximum absolute atomic E-state index is 13.9. The standard InChI is InChI=1S/C36H41N3O3.ClH/c1-42-32-13-7-9-28(25-32)16-22-38-27-30(26-34(38)40)35(41)39(31-11-3-2-4-12-31)21-8-20-37-23-18-36(19-24-37)17-15-29-10-5-6-14-33(29)36;/h2-7,9-15,17,25,30H,8,16,18-24,26-27H2,1H3;1H. The van der Waals surface area contributed by atoms with Crippen molar-refractivity contribution in [3.63, 3.8) is 0 Å². The first-order chi connectivity index (χ1) is 20.5. The molecule has 3 aromatic rings. The average Bonchev–Trinajstić information content (AvgIpc) is 3.59. The van der Waals surface area contributed by atoms with Crippen LogP contribution in [-0.2, 0) is 21.4 Å². The van der Waals surface area contributed by atoms with Crippen LogP contribution in [0.1, 0.15) is 42.4 Å². The van der Waals surface area contributed by atoms with Crippen molar-refractivity contribution < 1.29 is 14.3 Å². The van der Waals surface area contributed by atoms with E-state index in [1.807, 2.05) is 64.4 Å². The van der Waals surface area contributed by atoms with Gasteiger partial charge in [-0.05, 0) is 86.3 Å². The molecule has 43 heavy (non-hydrogen) atoms. The number of benzene rings is 3. The first kappa shape index (κ1) is 30.8. The lowest BCUT2D eigenvalue weighted by atomic mass is 9.74. The van der Waals surface area contributed by atoms with Gasteiger partial charge in [-0.25, -0.2) is 0 Å². The van der Waals surface area contributed by atoms with Crippen molar-refractivity contribution in [3.05, 3.63) is 102 Å². The van der Waals surface area contributed by atoms with Crippen LogP contribution in [0.5, 0.6) is 5.75 Å². The summed E-state index contributed by atoms with van der Waals surface area (Å²) in [7, 11) is 1.66. The molecule has 0 aromatic heterocycles. The van der Waals surface area contributed by atoms with Crippen molar-refractivity contribution in [2.45, 2.75) is 37.5 Å². The lowest BCUT2D eigenvalue weighted by molar-refractivity contribution is -0.128. The van der Waals surface area contributed by atoms with E-state index in [-0.39, 0.29) is 42.0 Å². The fraction of sp³-hybridized carbons (Fsp3) is 0.389. The number of ether oxygens (including phenoxy) is 1. The molecular formula is C36H42ClN3O3. The van der Waals surface area contributed by atoms with Crippen LogP contribution in [0.25, 0.3) is 6.08 Å². The summed E-state index contributed by atoms with van der Waals surface area (Å²) in [6.45, 7) is 4.84. The molecule has 1 aliphatic carbocycles. The maximum Gasteiger partial charge on any atom is 0.232 e. The molecule has 6 rings (SSSR count). The number of carbonyl (C=O) groups excluding carboxylic acids is 2. The van der Waals surface area contributed by atoms with Crippen molar-refractivity contribution in [2.75, 3.05) is 51.3 Å². The third kappa shape index (κ3) is 6.81. The van der Waals surface area contributed by atoms with Gasteiger partial charge in [0.15, 0.2) is 0 Å². The summed E-state index contributed by atoms with van der Waals surface area (Å²) >= 11 is 0. The summed E-state index contributed by atoms with van der Waals surface area (Å²) < 4.78 is 5.33. The summed E-state index contributed by atoms with van der Waals surface area (Å²) in [6, 6.07) is 26.7. The maximum atomic E-state index is 13.9. The number of likely N-dealkylation sites (tertiary alicyclic amines) is 2. The minimum absolute atomic E-state index is 0. The molecule has 2 saturated heterocycles. The molecule has 7 heteroatoms. The number of fused-ring (bicyclic) bond motifs is 2. The highest BCUT2D eigenvalue weighted by atomic mass is 35.5. The Kier molecular flexibility index (Phi) is 9.89. The largest absolute Gasteiger partial charge is 0.497 e. The number of halogens is 1. The number of piperidine rings is 1. The molecule has 0 bridgehead atoms. The number of hydrogen-bond acceptors (Lipinski definition) is 4. The number of carbonyl (C=O) groups is 2. The van der Waals surface area contributed by atoms with Crippen molar-refractivity contribution in [2.24, 2.45) is 5.92 Å². The molecule has 2 fully saturated rings. The predicted octanol–water partition coefficient (Wildman–Crippen LogP) is 5.99. The van der Waals surface area contributed by atoms with Gasteiger partial charge in [0.05, 0.1) is 13.0 Å². The third-order valence-electron chi connectivity index (χ3n) is 9.39. The van der Waals surface area contributed by atoms with E-state index in [2.05, 4.69) is 41.3 Å². The van der Waals surface area contributed by atoms with Gasteiger partial charge >= 0.3 is 0 Å². The van der Waals surface area contributed by atoms with Crippen LogP contribution in [-0.4, -0.2) is 68.0 Å². The molecule has 3 aromatic carbocycles. The molecule has 226 valence electrons. The number of para-hydroxylation sites is 1. The highest BCUT2D eigenvalue weighted by Gasteiger charge is 2.38.